The SMILES string of the molecule is N=c1c(N)c1-c1ccc(N)cc1. The molecule has 0 unspecified atom stereocenters. The molecule has 0 amide bonds. The molecular weight excluding hydrogens is 150 g/mol. The minimum Gasteiger partial charge on any atom is -0.399 e. The van der Waals surface area contributed by atoms with Gasteiger partial charge in [-0.25, -0.2) is 0 Å². The summed E-state index contributed by atoms with van der Waals surface area (Å²) in [6.07, 6.45) is 0. The molecule has 0 radical (unpaired) electrons. The molecule has 0 atom stereocenters. The first-order valence-electron chi connectivity index (χ1n) is 3.65. The van der Waals surface area contributed by atoms with E-state index in [0.29, 0.717) is 11.0 Å². The van der Waals surface area contributed by atoms with Crippen LogP contribution < -0.4 is 16.8 Å². The second-order valence-corrected chi connectivity index (χ2v) is 2.79. The van der Waals surface area contributed by atoms with Crippen LogP contribution in [-0.2, 0) is 0 Å². The molecule has 0 spiro atoms. The molecule has 2 rings (SSSR count). The fourth-order valence-electron chi connectivity index (χ4n) is 1.15. The molecule has 0 aliphatic carbocycles. The lowest BCUT2D eigenvalue weighted by Crippen LogP contribution is -1.83. The van der Waals surface area contributed by atoms with Gasteiger partial charge in [-0.2, -0.15) is 0 Å². The summed E-state index contributed by atoms with van der Waals surface area (Å²) < 4.78 is 0. The van der Waals surface area contributed by atoms with Gasteiger partial charge in [-0.1, -0.05) is 12.1 Å². The molecule has 0 saturated carbocycles. The summed E-state index contributed by atoms with van der Waals surface area (Å²) in [5, 5.41) is 7.79. The Bertz CT molecular complexity index is 419. The second-order valence-electron chi connectivity index (χ2n) is 2.79. The summed E-state index contributed by atoms with van der Waals surface area (Å²) in [5.74, 6) is 0. The van der Waals surface area contributed by atoms with E-state index < -0.39 is 0 Å². The van der Waals surface area contributed by atoms with Crippen molar-refractivity contribution in [2.45, 2.75) is 0 Å². The van der Waals surface area contributed by atoms with Gasteiger partial charge < -0.3 is 11.5 Å². The van der Waals surface area contributed by atoms with Crippen molar-refractivity contribution in [3.63, 3.8) is 0 Å². The van der Waals surface area contributed by atoms with Gasteiger partial charge in [0, 0.05) is 11.3 Å². The van der Waals surface area contributed by atoms with Crippen molar-refractivity contribution < 1.29 is 0 Å². The minimum absolute atomic E-state index is 0.458. The molecule has 12 heavy (non-hydrogen) atoms. The molecule has 3 heteroatoms. The van der Waals surface area contributed by atoms with Crippen LogP contribution in [0.1, 0.15) is 0 Å². The topological polar surface area (TPSA) is 75.9 Å². The number of hydrogen-bond acceptors (Lipinski definition) is 3. The van der Waals surface area contributed by atoms with Gasteiger partial charge in [-0.3, -0.25) is 5.41 Å². The highest BCUT2D eigenvalue weighted by atomic mass is 14.7. The Morgan fingerprint density at radius 1 is 1.00 bits per heavy atom. The number of nitrogens with one attached hydrogen (secondary N) is 1. The van der Waals surface area contributed by atoms with E-state index in [1.807, 2.05) is 12.1 Å². The maximum atomic E-state index is 7.34. The van der Waals surface area contributed by atoms with Crippen LogP contribution >= 0.6 is 0 Å². The Labute approximate surface area is 69.8 Å². The number of anilines is 2. The van der Waals surface area contributed by atoms with E-state index in [2.05, 4.69) is 0 Å². The van der Waals surface area contributed by atoms with Crippen molar-refractivity contribution in [3.05, 3.63) is 29.6 Å². The molecule has 0 bridgehead atoms. The van der Waals surface area contributed by atoms with Crippen molar-refractivity contribution >= 4 is 11.4 Å². The lowest BCUT2D eigenvalue weighted by Gasteiger charge is -1.93. The zero-order valence-corrected chi connectivity index (χ0v) is 6.46. The van der Waals surface area contributed by atoms with Gasteiger partial charge in [0.25, 0.3) is 0 Å². The van der Waals surface area contributed by atoms with Crippen LogP contribution in [0.15, 0.2) is 24.3 Å². The van der Waals surface area contributed by atoms with Crippen LogP contribution in [0, 0.1) is 5.41 Å². The number of hydrogen-bond donors (Lipinski definition) is 3. The molecule has 0 aliphatic heterocycles. The fraction of sp³-hybridized carbons (Fsp3) is 0. The molecule has 2 aromatic carbocycles. The second kappa shape index (κ2) is 2.11. The first kappa shape index (κ1) is 6.91. The van der Waals surface area contributed by atoms with Gasteiger partial charge in [-0.05, 0) is 17.7 Å². The molecule has 0 fully saturated rings. The average Bonchev–Trinajstić information content (AvgIpc) is 2.63. The Morgan fingerprint density at radius 3 is 1.92 bits per heavy atom. The first-order chi connectivity index (χ1) is 5.70. The first-order valence-corrected chi connectivity index (χ1v) is 3.65. The monoisotopic (exact) mass is 159 g/mol. The molecule has 3 nitrogen and oxygen atoms in total. The molecule has 5 N–H and O–H groups in total. The number of rotatable bonds is 1. The number of nitrogens with two attached hydrogens (primary N) is 2. The van der Waals surface area contributed by atoms with Crippen LogP contribution in [-0.4, -0.2) is 0 Å². The van der Waals surface area contributed by atoms with E-state index in [-0.39, 0.29) is 0 Å². The maximum absolute atomic E-state index is 7.34. The summed E-state index contributed by atoms with van der Waals surface area (Å²) in [6, 6.07) is 7.36. The largest absolute Gasteiger partial charge is 0.399 e. The van der Waals surface area contributed by atoms with Crippen molar-refractivity contribution in [2.75, 3.05) is 11.5 Å². The van der Waals surface area contributed by atoms with E-state index in [1.165, 1.54) is 0 Å². The van der Waals surface area contributed by atoms with Crippen molar-refractivity contribution in [2.24, 2.45) is 0 Å². The molecule has 60 valence electrons. The van der Waals surface area contributed by atoms with Crippen LogP contribution in [0.4, 0.5) is 11.4 Å². The number of benzene rings is 1. The molecule has 0 heterocycles. The minimum atomic E-state index is 0.458. The Hall–Kier alpha value is -1.77. The van der Waals surface area contributed by atoms with E-state index in [1.54, 1.807) is 12.1 Å². The van der Waals surface area contributed by atoms with Crippen LogP contribution in [0.3, 0.4) is 0 Å². The molecule has 2 aromatic rings. The highest BCUT2D eigenvalue weighted by molar-refractivity contribution is 5.87. The normalized spacial score (nSPS) is 10.7. The smallest absolute Gasteiger partial charge is 0.0876 e. The lowest BCUT2D eigenvalue weighted by atomic mass is 10.2. The van der Waals surface area contributed by atoms with Gasteiger partial charge in [0.15, 0.2) is 0 Å². The maximum Gasteiger partial charge on any atom is 0.0876 e. The summed E-state index contributed by atoms with van der Waals surface area (Å²) in [6.45, 7) is 0. The Morgan fingerprint density at radius 2 is 1.50 bits per heavy atom. The number of nitrogen functional groups attached to an aromatic ring is 2. The Kier molecular flexibility index (Phi) is 1.21. The molecule has 0 aliphatic rings. The van der Waals surface area contributed by atoms with E-state index >= 15 is 0 Å². The van der Waals surface area contributed by atoms with E-state index in [4.69, 9.17) is 16.9 Å². The highest BCUT2D eigenvalue weighted by Crippen LogP contribution is 2.27. The van der Waals surface area contributed by atoms with Crippen molar-refractivity contribution in [3.8, 4) is 11.1 Å². The zero-order chi connectivity index (χ0) is 8.72. The third-order valence-electron chi connectivity index (χ3n) is 1.93. The standard InChI is InChI=1S/C9H9N3/c10-6-3-1-5(2-4-6)7-8(11)9(7)12/h1-4,11H,10,12H2. The van der Waals surface area contributed by atoms with Gasteiger partial charge in [0.05, 0.1) is 11.0 Å². The summed E-state index contributed by atoms with van der Waals surface area (Å²) in [5.41, 5.74) is 14.2. The molecule has 0 aromatic heterocycles. The third-order valence-corrected chi connectivity index (χ3v) is 1.93. The Balaban J connectivity index is 2.44. The third kappa shape index (κ3) is 0.871. The van der Waals surface area contributed by atoms with Gasteiger partial charge in [-0.15, -0.1) is 0 Å². The van der Waals surface area contributed by atoms with Gasteiger partial charge in [0.1, 0.15) is 0 Å². The average molecular weight is 159 g/mol. The van der Waals surface area contributed by atoms with Crippen molar-refractivity contribution in [1.82, 2.24) is 0 Å². The lowest BCUT2D eigenvalue weighted by molar-refractivity contribution is 1.37. The van der Waals surface area contributed by atoms with Gasteiger partial charge >= 0.3 is 0 Å². The highest BCUT2D eigenvalue weighted by Gasteiger charge is 2.15. The van der Waals surface area contributed by atoms with E-state index in [9.17, 15) is 0 Å². The quantitative estimate of drug-likeness (QED) is 0.540. The summed E-state index contributed by atoms with van der Waals surface area (Å²) in [7, 11) is 0. The molecular formula is C9H9N3. The molecule has 0 saturated heterocycles. The van der Waals surface area contributed by atoms with Crippen LogP contribution in [0.5, 0.6) is 0 Å². The summed E-state index contributed by atoms with van der Waals surface area (Å²) in [4.78, 5) is 0. The zero-order valence-electron chi connectivity index (χ0n) is 6.46. The predicted octanol–water partition coefficient (Wildman–Crippen LogP) is 0.873. The van der Waals surface area contributed by atoms with Gasteiger partial charge in [0.2, 0.25) is 0 Å². The summed E-state index contributed by atoms with van der Waals surface area (Å²) >= 11 is 0. The fourth-order valence-corrected chi connectivity index (χ4v) is 1.15. The van der Waals surface area contributed by atoms with Crippen LogP contribution in [0.2, 0.25) is 0 Å². The van der Waals surface area contributed by atoms with Crippen LogP contribution in [0.25, 0.3) is 11.1 Å². The van der Waals surface area contributed by atoms with Crippen molar-refractivity contribution in [1.29, 1.82) is 5.41 Å². The predicted molar refractivity (Wildman–Crippen MR) is 48.9 cm³/mol. The van der Waals surface area contributed by atoms with E-state index in [0.717, 1.165) is 16.8 Å².